The lowest BCUT2D eigenvalue weighted by Crippen LogP contribution is -2.30. The quantitative estimate of drug-likeness (QED) is 0.0228. The minimum atomic E-state index is -0.696. The Morgan fingerprint density at radius 3 is 2.35 bits per heavy atom. The second kappa shape index (κ2) is 25.9. The first kappa shape index (κ1) is 48.8. The number of esters is 2. The number of anilines is 1. The monoisotopic (exact) mass is 974 g/mol. The van der Waals surface area contributed by atoms with Crippen molar-refractivity contribution in [3.05, 3.63) is 98.8 Å². The summed E-state index contributed by atoms with van der Waals surface area (Å²) in [6.45, 7) is 3.93. The van der Waals surface area contributed by atoms with Gasteiger partial charge in [0.15, 0.2) is 5.78 Å². The number of benzene rings is 2. The van der Waals surface area contributed by atoms with Gasteiger partial charge in [-0.05, 0) is 48.2 Å². The molecular weight excluding hydrogens is 934 g/mol. The number of hydrogen-bond acceptors (Lipinski definition) is 16. The Morgan fingerprint density at radius 1 is 0.967 bits per heavy atom. The van der Waals surface area contributed by atoms with Gasteiger partial charge in [-0.15, -0.1) is 23.3 Å². The highest BCUT2D eigenvalue weighted by Gasteiger charge is 2.24. The second-order valence-electron chi connectivity index (χ2n) is 11.9. The number of aromatic nitrogens is 3. The number of ether oxygens (including phenoxy) is 4. The van der Waals surface area contributed by atoms with Crippen LogP contribution in [-0.4, -0.2) is 90.8 Å². The Morgan fingerprint density at radius 2 is 1.67 bits per heavy atom. The summed E-state index contributed by atoms with van der Waals surface area (Å²) < 4.78 is 40.6. The minimum absolute atomic E-state index is 0.00114. The minimum Gasteiger partial charge on any atom is -0.469 e. The van der Waals surface area contributed by atoms with Gasteiger partial charge in [0.25, 0.3) is 0 Å². The zero-order valence-corrected chi connectivity index (χ0v) is 36.7. The summed E-state index contributed by atoms with van der Waals surface area (Å²) in [5.74, 6) is 1.06. The van der Waals surface area contributed by atoms with Crippen molar-refractivity contribution in [3.63, 3.8) is 0 Å². The number of nitrogens with zero attached hydrogens (tertiary/aromatic N) is 3. The van der Waals surface area contributed by atoms with E-state index in [-0.39, 0.29) is 30.2 Å². The Kier molecular flexibility index (Phi) is 21.0. The van der Waals surface area contributed by atoms with Crippen LogP contribution in [0.5, 0.6) is 0 Å². The summed E-state index contributed by atoms with van der Waals surface area (Å²) in [4.78, 5) is 71.3. The third-order valence-corrected chi connectivity index (χ3v) is 9.03. The Labute approximate surface area is 362 Å². The summed E-state index contributed by atoms with van der Waals surface area (Å²) in [5.41, 5.74) is 1.55. The number of carbonyl (C=O) groups excluding carboxylic acids is 4. The van der Waals surface area contributed by atoms with Crippen molar-refractivity contribution in [1.82, 2.24) is 15.0 Å². The molecule has 0 saturated heterocycles. The fourth-order valence-corrected chi connectivity index (χ4v) is 5.89. The van der Waals surface area contributed by atoms with Crippen LogP contribution in [0.3, 0.4) is 0 Å². The molecule has 0 aliphatic carbocycles. The number of methoxy groups -OCH3 is 3. The van der Waals surface area contributed by atoms with E-state index in [0.717, 1.165) is 17.7 Å². The van der Waals surface area contributed by atoms with Crippen molar-refractivity contribution >= 4 is 91.2 Å². The molecule has 5 rings (SSSR count). The molecule has 0 radical (unpaired) electrons. The number of ketones is 1. The standard InChI is InChI=1S/C23H28N4O7S.C17H12O5.IOP/c1-4-35-20(13-21(28)32-3)22(29)24-17-11-16-6-5-15(12-19(16)34-23(17)30)18-14-27(26-25-18)7-8-33-10-9-31-2;1-3-11-4-5-12-9-13(17(20)22-15(12)8-11)10-14(18)6-7-16(19)21-2;1-3-2/h5-6,11-12,14,20H,4,7-10,13H2,1-3H3,(H,24,29);1,4-9H,10H2,2H3;/b;7-6-;. The number of carbonyl (C=O) groups is 4. The highest BCUT2D eigenvalue weighted by atomic mass is 127. The Bertz CT molecular complexity index is 2480. The first-order valence-electron chi connectivity index (χ1n) is 17.7. The molecule has 2 aromatic carbocycles. The zero-order valence-electron chi connectivity index (χ0n) is 32.8. The molecule has 20 heteroatoms. The van der Waals surface area contributed by atoms with Crippen LogP contribution in [0.1, 0.15) is 24.5 Å². The third-order valence-electron chi connectivity index (χ3n) is 7.91. The van der Waals surface area contributed by atoms with Crippen molar-refractivity contribution in [2.45, 2.75) is 31.6 Å². The lowest BCUT2D eigenvalue weighted by atomic mass is 10.1. The summed E-state index contributed by atoms with van der Waals surface area (Å²) in [6.07, 6.45) is 9.01. The van der Waals surface area contributed by atoms with Crippen molar-refractivity contribution in [2.24, 2.45) is 0 Å². The van der Waals surface area contributed by atoms with Gasteiger partial charge >= 0.3 is 23.2 Å². The molecule has 17 nitrogen and oxygen atoms in total. The van der Waals surface area contributed by atoms with E-state index in [1.807, 2.05) is 13.0 Å². The van der Waals surface area contributed by atoms with E-state index in [2.05, 4.69) is 31.0 Å². The van der Waals surface area contributed by atoms with E-state index in [0.29, 0.717) is 65.3 Å². The molecule has 1 atom stereocenters. The molecule has 0 fully saturated rings. The number of thioether (sulfide) groups is 1. The molecule has 3 aromatic heterocycles. The molecule has 1 unspecified atom stereocenters. The molecule has 1 N–H and O–H groups in total. The van der Waals surface area contributed by atoms with Gasteiger partial charge in [-0.1, -0.05) is 30.2 Å². The SMILES string of the molecule is C#Cc1ccc2cc(CC(=O)/C=C\C(=O)OC)c(=O)oc2c1.CCSC(CC(=O)OC)C(=O)Nc1cc2ccc(-c3cn(CCOCCOC)nn3)cc2oc1=O.O=PI. The number of nitrogens with one attached hydrogen (secondary N) is 1. The van der Waals surface area contributed by atoms with E-state index in [9.17, 15) is 28.8 Å². The van der Waals surface area contributed by atoms with Gasteiger partial charge in [0.2, 0.25) is 12.0 Å². The maximum atomic E-state index is 12.7. The van der Waals surface area contributed by atoms with Gasteiger partial charge in [0, 0.05) is 69.1 Å². The molecule has 0 bridgehead atoms. The number of allylic oxidation sites excluding steroid dienone is 1. The summed E-state index contributed by atoms with van der Waals surface area (Å²) in [6, 6.07) is 13.4. The molecule has 0 saturated carbocycles. The van der Waals surface area contributed by atoms with Crippen LogP contribution in [0.15, 0.2) is 85.3 Å². The molecule has 1 amide bonds. The van der Waals surface area contributed by atoms with E-state index in [1.165, 1.54) is 26.0 Å². The first-order valence-corrected chi connectivity index (χ1v) is 22.3. The smallest absolute Gasteiger partial charge is 0.360 e. The molecule has 0 aliphatic rings. The van der Waals surface area contributed by atoms with Crippen molar-refractivity contribution in [2.75, 3.05) is 52.2 Å². The number of rotatable bonds is 17. The van der Waals surface area contributed by atoms with Gasteiger partial charge in [-0.2, -0.15) is 0 Å². The first-order chi connectivity index (χ1) is 28.9. The van der Waals surface area contributed by atoms with Crippen LogP contribution in [-0.2, 0) is 55.7 Å². The maximum absolute atomic E-state index is 12.7. The van der Waals surface area contributed by atoms with Gasteiger partial charge in [-0.3, -0.25) is 18.9 Å². The molecule has 5 aromatic rings. The molecule has 60 heavy (non-hydrogen) atoms. The molecular formula is C40H40IN4O13PS. The number of terminal acetylenes is 1. The van der Waals surface area contributed by atoms with Gasteiger partial charge < -0.3 is 33.1 Å². The third kappa shape index (κ3) is 15.6. The average molecular weight is 975 g/mol. The van der Waals surface area contributed by atoms with Gasteiger partial charge in [0.1, 0.15) is 22.5 Å². The highest BCUT2D eigenvalue weighted by Crippen LogP contribution is 2.24. The Hall–Kier alpha value is -5.52. The van der Waals surface area contributed by atoms with Crippen LogP contribution in [0.4, 0.5) is 5.69 Å². The van der Waals surface area contributed by atoms with E-state index < -0.39 is 40.1 Å². The molecule has 316 valence electrons. The second-order valence-corrected chi connectivity index (χ2v) is 14.7. The highest BCUT2D eigenvalue weighted by molar-refractivity contribution is 14.2. The van der Waals surface area contributed by atoms with Gasteiger partial charge in [-0.25, -0.2) is 19.1 Å². The summed E-state index contributed by atoms with van der Waals surface area (Å²) >= 11 is 3.00. The fourth-order valence-electron chi connectivity index (χ4n) is 5.02. The number of halogens is 1. The van der Waals surface area contributed by atoms with Crippen molar-refractivity contribution < 1.29 is 51.5 Å². The molecule has 0 spiro atoms. The van der Waals surface area contributed by atoms with Crippen LogP contribution in [0.2, 0.25) is 0 Å². The van der Waals surface area contributed by atoms with Crippen LogP contribution in [0.25, 0.3) is 33.2 Å². The van der Waals surface area contributed by atoms with E-state index in [1.54, 1.807) is 82.5 Å². The summed E-state index contributed by atoms with van der Waals surface area (Å²) in [5, 5.41) is 11.4. The van der Waals surface area contributed by atoms with Gasteiger partial charge in [0.05, 0.1) is 58.5 Å². The Balaban J connectivity index is 0.000000329. The zero-order chi connectivity index (χ0) is 44.0. The lowest BCUT2D eigenvalue weighted by molar-refractivity contribution is -0.141. The number of fused-ring (bicyclic) bond motifs is 2. The lowest BCUT2D eigenvalue weighted by Gasteiger charge is -2.14. The maximum Gasteiger partial charge on any atom is 0.360 e. The molecule has 0 aliphatic heterocycles. The van der Waals surface area contributed by atoms with Crippen LogP contribution in [0, 0.1) is 12.3 Å². The topological polar surface area (TPSA) is 225 Å². The number of amides is 1. The van der Waals surface area contributed by atoms with Crippen molar-refractivity contribution in [1.29, 1.82) is 0 Å². The average Bonchev–Trinajstić information content (AvgIpc) is 3.72. The van der Waals surface area contributed by atoms with E-state index in [4.69, 9.17) is 29.3 Å². The van der Waals surface area contributed by atoms with Crippen LogP contribution < -0.4 is 16.6 Å². The number of hydrogen-bond donors (Lipinski definition) is 1. The fraction of sp³-hybridized carbons (Fsp3) is 0.300. The van der Waals surface area contributed by atoms with Crippen LogP contribution >= 0.6 is 39.9 Å². The summed E-state index contributed by atoms with van der Waals surface area (Å²) in [7, 11) is 4.09. The predicted molar refractivity (Wildman–Crippen MR) is 233 cm³/mol. The van der Waals surface area contributed by atoms with Crippen molar-refractivity contribution in [3.8, 4) is 23.6 Å². The normalized spacial score (nSPS) is 11.2. The van der Waals surface area contributed by atoms with E-state index >= 15 is 0 Å². The largest absolute Gasteiger partial charge is 0.469 e. The predicted octanol–water partition coefficient (Wildman–Crippen LogP) is 5.58. The molecule has 3 heterocycles.